The van der Waals surface area contributed by atoms with Gasteiger partial charge in [0.05, 0.1) is 0 Å². The standard InChI is InChI=1S/C7H15N.C6H13N.C2H6/c1-8-6-4-2-3-5-7-8;1-7-5-3-2-4-6-7;1-2/h2-7H2,1H3;2-6H2,1H3;1-2H3. The van der Waals surface area contributed by atoms with E-state index in [-0.39, 0.29) is 0 Å². The first-order valence-corrected chi connectivity index (χ1v) is 7.66. The van der Waals surface area contributed by atoms with Gasteiger partial charge in [-0.05, 0) is 66.0 Å². The maximum Gasteiger partial charge on any atom is -0.00218 e. The van der Waals surface area contributed by atoms with Crippen LogP contribution in [0.25, 0.3) is 0 Å². The van der Waals surface area contributed by atoms with Gasteiger partial charge >= 0.3 is 0 Å². The molecular formula is C15H34N2. The van der Waals surface area contributed by atoms with Crippen LogP contribution in [-0.2, 0) is 0 Å². The molecule has 0 saturated carbocycles. The summed E-state index contributed by atoms with van der Waals surface area (Å²) in [5.41, 5.74) is 0. The van der Waals surface area contributed by atoms with Gasteiger partial charge < -0.3 is 9.80 Å². The van der Waals surface area contributed by atoms with E-state index in [1.807, 2.05) is 13.8 Å². The Hall–Kier alpha value is -0.0800. The number of rotatable bonds is 0. The van der Waals surface area contributed by atoms with Crippen molar-refractivity contribution in [3.05, 3.63) is 0 Å². The average Bonchev–Trinajstić information content (AvgIpc) is 2.61. The van der Waals surface area contributed by atoms with E-state index in [9.17, 15) is 0 Å². The summed E-state index contributed by atoms with van der Waals surface area (Å²) in [6.45, 7) is 9.28. The van der Waals surface area contributed by atoms with Crippen LogP contribution in [0.3, 0.4) is 0 Å². The highest BCUT2D eigenvalue weighted by molar-refractivity contribution is 4.58. The Morgan fingerprint density at radius 3 is 1.00 bits per heavy atom. The molecule has 2 fully saturated rings. The van der Waals surface area contributed by atoms with Gasteiger partial charge in [0.2, 0.25) is 0 Å². The third-order valence-electron chi connectivity index (χ3n) is 3.41. The average molecular weight is 242 g/mol. The summed E-state index contributed by atoms with van der Waals surface area (Å²) in [6, 6.07) is 0. The zero-order chi connectivity index (χ0) is 12.9. The minimum absolute atomic E-state index is 1.32. The van der Waals surface area contributed by atoms with Crippen molar-refractivity contribution in [1.29, 1.82) is 0 Å². The normalized spacial score (nSPS) is 22.6. The molecular weight excluding hydrogens is 208 g/mol. The number of hydrogen-bond donors (Lipinski definition) is 0. The van der Waals surface area contributed by atoms with Crippen LogP contribution < -0.4 is 0 Å². The maximum absolute atomic E-state index is 2.42. The van der Waals surface area contributed by atoms with E-state index in [0.717, 1.165) is 0 Å². The zero-order valence-corrected chi connectivity index (χ0v) is 12.7. The molecule has 0 atom stereocenters. The molecule has 0 bridgehead atoms. The van der Waals surface area contributed by atoms with E-state index in [1.165, 1.54) is 71.1 Å². The van der Waals surface area contributed by atoms with E-state index in [0.29, 0.717) is 0 Å². The molecule has 2 saturated heterocycles. The van der Waals surface area contributed by atoms with E-state index < -0.39 is 0 Å². The van der Waals surface area contributed by atoms with Crippen LogP contribution in [0.4, 0.5) is 0 Å². The first-order chi connectivity index (χ1) is 8.29. The Morgan fingerprint density at radius 2 is 0.706 bits per heavy atom. The third kappa shape index (κ3) is 10.8. The lowest BCUT2D eigenvalue weighted by atomic mass is 10.1. The molecule has 0 N–H and O–H groups in total. The van der Waals surface area contributed by atoms with E-state index in [4.69, 9.17) is 0 Å². The fourth-order valence-corrected chi connectivity index (χ4v) is 2.28. The Morgan fingerprint density at radius 1 is 0.471 bits per heavy atom. The molecule has 17 heavy (non-hydrogen) atoms. The second-order valence-electron chi connectivity index (χ2n) is 5.08. The maximum atomic E-state index is 2.42. The molecule has 2 aliphatic rings. The summed E-state index contributed by atoms with van der Waals surface area (Å²) < 4.78 is 0. The van der Waals surface area contributed by atoms with Crippen molar-refractivity contribution in [1.82, 2.24) is 9.80 Å². The van der Waals surface area contributed by atoms with Gasteiger partial charge in [-0.2, -0.15) is 0 Å². The van der Waals surface area contributed by atoms with Gasteiger partial charge in [-0.15, -0.1) is 0 Å². The van der Waals surface area contributed by atoms with Gasteiger partial charge in [-0.3, -0.25) is 0 Å². The summed E-state index contributed by atoms with van der Waals surface area (Å²) in [6.07, 6.45) is 10.00. The second-order valence-corrected chi connectivity index (χ2v) is 5.08. The number of hydrogen-bond acceptors (Lipinski definition) is 2. The highest BCUT2D eigenvalue weighted by Crippen LogP contribution is 2.06. The topological polar surface area (TPSA) is 6.48 Å². The first-order valence-electron chi connectivity index (χ1n) is 7.66. The molecule has 2 aliphatic heterocycles. The van der Waals surface area contributed by atoms with Gasteiger partial charge in [-0.1, -0.05) is 33.1 Å². The molecule has 0 aromatic carbocycles. The minimum atomic E-state index is 1.32. The van der Waals surface area contributed by atoms with Crippen molar-refractivity contribution >= 4 is 0 Å². The smallest absolute Gasteiger partial charge is 0.00218 e. The molecule has 2 heterocycles. The van der Waals surface area contributed by atoms with Gasteiger partial charge in [-0.25, -0.2) is 0 Å². The second kappa shape index (κ2) is 12.4. The van der Waals surface area contributed by atoms with Crippen molar-refractivity contribution in [3.63, 3.8) is 0 Å². The fraction of sp³-hybridized carbons (Fsp3) is 1.00. The number of nitrogens with zero attached hydrogens (tertiary/aromatic N) is 2. The Labute approximate surface area is 109 Å². The summed E-state index contributed by atoms with van der Waals surface area (Å²) in [4.78, 5) is 4.82. The summed E-state index contributed by atoms with van der Waals surface area (Å²) in [5.74, 6) is 0. The highest BCUT2D eigenvalue weighted by Gasteiger charge is 2.02. The largest absolute Gasteiger partial charge is 0.306 e. The molecule has 0 spiro atoms. The Balaban J connectivity index is 0.000000265. The molecule has 104 valence electrons. The predicted octanol–water partition coefficient (Wildman–Crippen LogP) is 3.62. The molecule has 0 aliphatic carbocycles. The lowest BCUT2D eigenvalue weighted by Gasteiger charge is -2.20. The summed E-state index contributed by atoms with van der Waals surface area (Å²) >= 11 is 0. The first kappa shape index (κ1) is 16.9. The van der Waals surface area contributed by atoms with Crippen LogP contribution >= 0.6 is 0 Å². The zero-order valence-electron chi connectivity index (χ0n) is 12.7. The number of piperidine rings is 1. The summed E-state index contributed by atoms with van der Waals surface area (Å²) in [7, 11) is 4.41. The fourth-order valence-electron chi connectivity index (χ4n) is 2.28. The third-order valence-corrected chi connectivity index (χ3v) is 3.41. The minimum Gasteiger partial charge on any atom is -0.306 e. The van der Waals surface area contributed by atoms with Crippen LogP contribution in [0.15, 0.2) is 0 Å². The van der Waals surface area contributed by atoms with Crippen LogP contribution in [0, 0.1) is 0 Å². The van der Waals surface area contributed by atoms with Crippen LogP contribution in [0.2, 0.25) is 0 Å². The van der Waals surface area contributed by atoms with Gasteiger partial charge in [0, 0.05) is 0 Å². The molecule has 2 nitrogen and oxygen atoms in total. The number of likely N-dealkylation sites (tertiary alicyclic amines) is 2. The van der Waals surface area contributed by atoms with E-state index >= 15 is 0 Å². The Bertz CT molecular complexity index is 134. The molecule has 2 rings (SSSR count). The highest BCUT2D eigenvalue weighted by atomic mass is 15.1. The Kier molecular flexibility index (Phi) is 12.3. The predicted molar refractivity (Wildman–Crippen MR) is 78.7 cm³/mol. The lowest BCUT2D eigenvalue weighted by Crippen LogP contribution is -2.24. The van der Waals surface area contributed by atoms with E-state index in [1.54, 1.807) is 0 Å². The van der Waals surface area contributed by atoms with E-state index in [2.05, 4.69) is 23.9 Å². The van der Waals surface area contributed by atoms with Crippen molar-refractivity contribution in [3.8, 4) is 0 Å². The van der Waals surface area contributed by atoms with Crippen LogP contribution in [0.5, 0.6) is 0 Å². The monoisotopic (exact) mass is 242 g/mol. The quantitative estimate of drug-likeness (QED) is 0.640. The van der Waals surface area contributed by atoms with Crippen molar-refractivity contribution in [2.75, 3.05) is 40.3 Å². The molecule has 2 heteroatoms. The SMILES string of the molecule is CC.CN1CCCCC1.CN1CCCCCC1. The molecule has 0 radical (unpaired) electrons. The van der Waals surface area contributed by atoms with Crippen molar-refractivity contribution in [2.45, 2.75) is 58.8 Å². The molecule has 0 aromatic heterocycles. The van der Waals surface area contributed by atoms with Crippen LogP contribution in [0.1, 0.15) is 58.8 Å². The van der Waals surface area contributed by atoms with Gasteiger partial charge in [0.1, 0.15) is 0 Å². The molecule has 0 aromatic rings. The lowest BCUT2D eigenvalue weighted by molar-refractivity contribution is 0.277. The van der Waals surface area contributed by atoms with Gasteiger partial charge in [0.15, 0.2) is 0 Å². The van der Waals surface area contributed by atoms with Gasteiger partial charge in [0.25, 0.3) is 0 Å². The van der Waals surface area contributed by atoms with Crippen molar-refractivity contribution < 1.29 is 0 Å². The molecule has 0 unspecified atom stereocenters. The van der Waals surface area contributed by atoms with Crippen molar-refractivity contribution in [2.24, 2.45) is 0 Å². The molecule has 0 amide bonds. The summed E-state index contributed by atoms with van der Waals surface area (Å²) in [5, 5.41) is 0. The van der Waals surface area contributed by atoms with Crippen LogP contribution in [-0.4, -0.2) is 50.1 Å².